The molecule has 1 aromatic rings. The maximum atomic E-state index is 10.8. The fourth-order valence-corrected chi connectivity index (χ4v) is 1.31. The van der Waals surface area contributed by atoms with Crippen LogP contribution in [0.2, 0.25) is 0 Å². The van der Waals surface area contributed by atoms with Gasteiger partial charge in [0.25, 0.3) is 0 Å². The fraction of sp³-hybridized carbons (Fsp3) is 0.364. The minimum absolute atomic E-state index is 0.450. The van der Waals surface area contributed by atoms with E-state index in [1.54, 1.807) is 13.8 Å². The second-order valence-corrected chi connectivity index (χ2v) is 3.68. The topological polar surface area (TPSA) is 37.3 Å². The quantitative estimate of drug-likeness (QED) is 0.716. The van der Waals surface area contributed by atoms with Crippen LogP contribution in [0.1, 0.15) is 25.3 Å². The monoisotopic (exact) mass is 178 g/mol. The lowest BCUT2D eigenvalue weighted by Crippen LogP contribution is -2.29. The Bertz CT molecular complexity index is 272. The first kappa shape index (κ1) is 9.93. The molecule has 0 heterocycles. The van der Waals surface area contributed by atoms with Crippen LogP contribution >= 0.6 is 0 Å². The smallest absolute Gasteiger partial charge is 0.130 e. The van der Waals surface area contributed by atoms with E-state index in [-0.39, 0.29) is 0 Å². The highest BCUT2D eigenvalue weighted by atomic mass is 16.3. The first-order valence-corrected chi connectivity index (χ1v) is 4.28. The Balaban J connectivity index is 2.99. The van der Waals surface area contributed by atoms with Gasteiger partial charge in [0.1, 0.15) is 6.29 Å². The Labute approximate surface area is 78.2 Å². The van der Waals surface area contributed by atoms with Crippen molar-refractivity contribution in [3.63, 3.8) is 0 Å². The third kappa shape index (κ3) is 2.39. The van der Waals surface area contributed by atoms with Gasteiger partial charge in [-0.2, -0.15) is 0 Å². The molecule has 0 spiro atoms. The van der Waals surface area contributed by atoms with Gasteiger partial charge in [0.05, 0.1) is 11.5 Å². The van der Waals surface area contributed by atoms with Crippen molar-refractivity contribution >= 4 is 6.29 Å². The molecule has 1 unspecified atom stereocenters. The van der Waals surface area contributed by atoms with Gasteiger partial charge in [0.2, 0.25) is 0 Å². The van der Waals surface area contributed by atoms with Gasteiger partial charge in [-0.05, 0) is 19.4 Å². The molecule has 1 atom stereocenters. The lowest BCUT2D eigenvalue weighted by molar-refractivity contribution is -0.113. The number of rotatable bonds is 3. The van der Waals surface area contributed by atoms with Gasteiger partial charge in [-0.3, -0.25) is 0 Å². The van der Waals surface area contributed by atoms with Crippen LogP contribution in [0.15, 0.2) is 30.3 Å². The molecule has 2 nitrogen and oxygen atoms in total. The number of hydrogen-bond acceptors (Lipinski definition) is 2. The van der Waals surface area contributed by atoms with E-state index in [4.69, 9.17) is 0 Å². The summed E-state index contributed by atoms with van der Waals surface area (Å²) in [5.41, 5.74) is -0.145. The van der Waals surface area contributed by atoms with Gasteiger partial charge in [-0.25, -0.2) is 0 Å². The van der Waals surface area contributed by atoms with Crippen LogP contribution in [0.3, 0.4) is 0 Å². The third-order valence-electron chi connectivity index (χ3n) is 2.06. The van der Waals surface area contributed by atoms with E-state index in [0.717, 1.165) is 11.8 Å². The Kier molecular flexibility index (Phi) is 2.83. The molecule has 13 heavy (non-hydrogen) atoms. The van der Waals surface area contributed by atoms with E-state index in [0.29, 0.717) is 0 Å². The summed E-state index contributed by atoms with van der Waals surface area (Å²) in [6, 6.07) is 9.29. The van der Waals surface area contributed by atoms with Crippen molar-refractivity contribution < 1.29 is 9.90 Å². The molecule has 70 valence electrons. The average molecular weight is 178 g/mol. The molecule has 1 N–H and O–H groups in total. The molecule has 0 aliphatic rings. The van der Waals surface area contributed by atoms with E-state index in [1.165, 1.54) is 0 Å². The summed E-state index contributed by atoms with van der Waals surface area (Å²) in [6.07, 6.45) is 0.787. The normalized spacial score (nSPS) is 13.8. The molecule has 0 radical (unpaired) electrons. The third-order valence-corrected chi connectivity index (χ3v) is 2.06. The van der Waals surface area contributed by atoms with Crippen LogP contribution in [0, 0.1) is 0 Å². The summed E-state index contributed by atoms with van der Waals surface area (Å²) in [4.78, 5) is 10.8. The summed E-state index contributed by atoms with van der Waals surface area (Å²) >= 11 is 0. The summed E-state index contributed by atoms with van der Waals surface area (Å²) in [5.74, 6) is -0.450. The molecule has 2 heteroatoms. The highest BCUT2D eigenvalue weighted by Crippen LogP contribution is 2.25. The van der Waals surface area contributed by atoms with Crippen LogP contribution in [-0.2, 0) is 4.79 Å². The van der Waals surface area contributed by atoms with Gasteiger partial charge in [-0.15, -0.1) is 0 Å². The van der Waals surface area contributed by atoms with E-state index in [2.05, 4.69) is 0 Å². The lowest BCUT2D eigenvalue weighted by atomic mass is 9.86. The molecular formula is C11H14O2. The SMILES string of the molecule is CC(C)(O)C(C=O)c1ccccc1. The fourth-order valence-electron chi connectivity index (χ4n) is 1.31. The van der Waals surface area contributed by atoms with Crippen molar-refractivity contribution in [1.29, 1.82) is 0 Å². The van der Waals surface area contributed by atoms with Gasteiger partial charge in [0.15, 0.2) is 0 Å². The number of aldehydes is 1. The van der Waals surface area contributed by atoms with E-state index in [9.17, 15) is 9.90 Å². The number of benzene rings is 1. The minimum Gasteiger partial charge on any atom is -0.389 e. The summed E-state index contributed by atoms with van der Waals surface area (Å²) in [6.45, 7) is 3.28. The largest absolute Gasteiger partial charge is 0.389 e. The first-order valence-electron chi connectivity index (χ1n) is 4.28. The Morgan fingerprint density at radius 3 is 2.23 bits per heavy atom. The molecule has 0 bridgehead atoms. The molecule has 0 fully saturated rings. The maximum Gasteiger partial charge on any atom is 0.130 e. The first-order chi connectivity index (χ1) is 6.05. The molecule has 1 rings (SSSR count). The van der Waals surface area contributed by atoms with Crippen molar-refractivity contribution in [2.45, 2.75) is 25.4 Å². The summed E-state index contributed by atoms with van der Waals surface area (Å²) in [5, 5.41) is 9.70. The molecule has 0 aliphatic carbocycles. The van der Waals surface area contributed by atoms with Crippen molar-refractivity contribution in [3.05, 3.63) is 35.9 Å². The van der Waals surface area contributed by atoms with Crippen LogP contribution in [0.25, 0.3) is 0 Å². The summed E-state index contributed by atoms with van der Waals surface area (Å²) in [7, 11) is 0. The number of aliphatic hydroxyl groups is 1. The molecular weight excluding hydrogens is 164 g/mol. The highest BCUT2D eigenvalue weighted by molar-refractivity contribution is 5.64. The Hall–Kier alpha value is -1.15. The molecule has 0 aliphatic heterocycles. The highest BCUT2D eigenvalue weighted by Gasteiger charge is 2.27. The second kappa shape index (κ2) is 3.71. The van der Waals surface area contributed by atoms with Crippen LogP contribution in [-0.4, -0.2) is 17.0 Å². The molecule has 0 saturated heterocycles. The molecule has 0 saturated carbocycles. The number of hydrogen-bond donors (Lipinski definition) is 1. The van der Waals surface area contributed by atoms with Gasteiger partial charge >= 0.3 is 0 Å². The van der Waals surface area contributed by atoms with E-state index >= 15 is 0 Å². The Morgan fingerprint density at radius 1 is 1.31 bits per heavy atom. The number of carbonyl (C=O) groups is 1. The van der Waals surface area contributed by atoms with Gasteiger partial charge in [-0.1, -0.05) is 30.3 Å². The maximum absolute atomic E-state index is 10.8. The standard InChI is InChI=1S/C11H14O2/c1-11(2,13)10(8-12)9-6-4-3-5-7-9/h3-8,10,13H,1-2H3. The zero-order valence-corrected chi connectivity index (χ0v) is 7.90. The molecule has 0 aromatic heterocycles. The average Bonchev–Trinajstić information content (AvgIpc) is 2.05. The predicted octanol–water partition coefficient (Wildman–Crippen LogP) is 1.74. The van der Waals surface area contributed by atoms with E-state index < -0.39 is 11.5 Å². The van der Waals surface area contributed by atoms with E-state index in [1.807, 2.05) is 30.3 Å². The van der Waals surface area contributed by atoms with Crippen molar-refractivity contribution in [2.75, 3.05) is 0 Å². The van der Waals surface area contributed by atoms with Crippen molar-refractivity contribution in [3.8, 4) is 0 Å². The molecule has 1 aromatic carbocycles. The Morgan fingerprint density at radius 2 is 1.85 bits per heavy atom. The van der Waals surface area contributed by atoms with Crippen molar-refractivity contribution in [1.82, 2.24) is 0 Å². The summed E-state index contributed by atoms with van der Waals surface area (Å²) < 4.78 is 0. The van der Waals surface area contributed by atoms with Crippen LogP contribution in [0.5, 0.6) is 0 Å². The van der Waals surface area contributed by atoms with Crippen LogP contribution in [0.4, 0.5) is 0 Å². The van der Waals surface area contributed by atoms with Gasteiger partial charge in [0, 0.05) is 0 Å². The van der Waals surface area contributed by atoms with Gasteiger partial charge < -0.3 is 9.90 Å². The predicted molar refractivity (Wildman–Crippen MR) is 51.5 cm³/mol. The van der Waals surface area contributed by atoms with Crippen molar-refractivity contribution in [2.24, 2.45) is 0 Å². The minimum atomic E-state index is -0.997. The zero-order chi connectivity index (χ0) is 9.90. The second-order valence-electron chi connectivity index (χ2n) is 3.68. The molecule has 0 amide bonds. The number of carbonyl (C=O) groups excluding carboxylic acids is 1. The van der Waals surface area contributed by atoms with Crippen LogP contribution < -0.4 is 0 Å². The zero-order valence-electron chi connectivity index (χ0n) is 7.90. The lowest BCUT2D eigenvalue weighted by Gasteiger charge is -2.24.